The van der Waals surface area contributed by atoms with Gasteiger partial charge in [-0.15, -0.1) is 0 Å². The first-order valence-electron chi connectivity index (χ1n) is 9.43. The van der Waals surface area contributed by atoms with Gasteiger partial charge in [0.2, 0.25) is 11.5 Å². The van der Waals surface area contributed by atoms with Gasteiger partial charge in [0.25, 0.3) is 0 Å². The number of hydrogen-bond donors (Lipinski definition) is 0. The van der Waals surface area contributed by atoms with E-state index in [1.807, 2.05) is 42.7 Å². The molecule has 0 N–H and O–H groups in total. The molecule has 1 atom stereocenters. The van der Waals surface area contributed by atoms with E-state index in [1.54, 1.807) is 12.1 Å². The highest BCUT2D eigenvalue weighted by Gasteiger charge is 2.24. The molecule has 0 spiro atoms. The second kappa shape index (κ2) is 8.39. The zero-order chi connectivity index (χ0) is 21.3. The lowest BCUT2D eigenvalue weighted by atomic mass is 10.1. The first kappa shape index (κ1) is 20.3. The molecule has 0 unspecified atom stereocenters. The second-order valence-corrected chi connectivity index (χ2v) is 7.78. The quantitative estimate of drug-likeness (QED) is 0.391. The Balaban J connectivity index is 1.42. The lowest BCUT2D eigenvalue weighted by Gasteiger charge is -2.27. The van der Waals surface area contributed by atoms with Crippen molar-refractivity contribution in [2.75, 3.05) is 13.2 Å². The van der Waals surface area contributed by atoms with E-state index in [0.717, 1.165) is 17.1 Å². The molecule has 8 heteroatoms. The summed E-state index contributed by atoms with van der Waals surface area (Å²) < 4.78 is 24.5. The first-order chi connectivity index (χ1) is 14.4. The van der Waals surface area contributed by atoms with Crippen LogP contribution < -0.4 is 9.47 Å². The molecule has 3 aromatic rings. The number of ketones is 1. The number of ether oxygens (including phenoxy) is 3. The molecule has 156 valence electrons. The molecular formula is C22H20BrNO6. The van der Waals surface area contributed by atoms with Gasteiger partial charge in [0, 0.05) is 17.0 Å². The number of aromatic nitrogens is 1. The van der Waals surface area contributed by atoms with Gasteiger partial charge in [-0.05, 0) is 60.1 Å². The highest BCUT2D eigenvalue weighted by molar-refractivity contribution is 9.10. The predicted molar refractivity (Wildman–Crippen MR) is 111 cm³/mol. The summed E-state index contributed by atoms with van der Waals surface area (Å²) in [5, 5.41) is 0. The van der Waals surface area contributed by atoms with Crippen LogP contribution in [0.15, 0.2) is 51.6 Å². The molecule has 0 saturated heterocycles. The number of rotatable bonds is 6. The van der Waals surface area contributed by atoms with Crippen molar-refractivity contribution in [2.45, 2.75) is 26.5 Å². The van der Waals surface area contributed by atoms with Gasteiger partial charge in [0.1, 0.15) is 6.61 Å². The zero-order valence-corrected chi connectivity index (χ0v) is 18.1. The van der Waals surface area contributed by atoms with E-state index in [9.17, 15) is 9.59 Å². The van der Waals surface area contributed by atoms with E-state index in [2.05, 4.69) is 15.9 Å². The minimum absolute atomic E-state index is 0.0369. The Kier molecular flexibility index (Phi) is 5.67. The van der Waals surface area contributed by atoms with Crippen LogP contribution in [0.4, 0.5) is 0 Å². The monoisotopic (exact) mass is 473 g/mol. The number of halogens is 1. The van der Waals surface area contributed by atoms with Crippen LogP contribution in [0.3, 0.4) is 0 Å². The second-order valence-electron chi connectivity index (χ2n) is 7.00. The minimum Gasteiger partial charge on any atom is -0.486 e. The number of carbonyl (C=O) groups excluding carboxylic acids is 2. The molecule has 1 aromatic carbocycles. The molecule has 2 aromatic heterocycles. The average Bonchev–Trinajstić information content (AvgIpc) is 3.30. The van der Waals surface area contributed by atoms with Crippen LogP contribution in [0.2, 0.25) is 0 Å². The summed E-state index contributed by atoms with van der Waals surface area (Å²) in [5.74, 6) is 0.517. The Bertz CT molecular complexity index is 1100. The van der Waals surface area contributed by atoms with Crippen molar-refractivity contribution in [2.24, 2.45) is 0 Å². The molecule has 1 aliphatic rings. The van der Waals surface area contributed by atoms with Crippen molar-refractivity contribution in [1.82, 2.24) is 4.57 Å². The number of esters is 1. The van der Waals surface area contributed by atoms with Gasteiger partial charge in [-0.1, -0.05) is 12.1 Å². The summed E-state index contributed by atoms with van der Waals surface area (Å²) in [6, 6.07) is 12.4. The summed E-state index contributed by atoms with van der Waals surface area (Å²) in [6.07, 6.45) is -0.178. The topological polar surface area (TPSA) is 79.9 Å². The van der Waals surface area contributed by atoms with Crippen LogP contribution in [-0.2, 0) is 11.3 Å². The Morgan fingerprint density at radius 2 is 1.93 bits per heavy atom. The number of furan rings is 1. The Hall–Kier alpha value is -3.00. The first-order valence-corrected chi connectivity index (χ1v) is 10.2. The molecule has 0 amide bonds. The van der Waals surface area contributed by atoms with Crippen LogP contribution in [0.25, 0.3) is 0 Å². The van der Waals surface area contributed by atoms with E-state index in [0.29, 0.717) is 29.1 Å². The molecule has 3 heterocycles. The van der Waals surface area contributed by atoms with Crippen LogP contribution in [0.1, 0.15) is 32.3 Å². The van der Waals surface area contributed by atoms with E-state index in [4.69, 9.17) is 18.6 Å². The molecule has 0 bridgehead atoms. The zero-order valence-electron chi connectivity index (χ0n) is 16.5. The SMILES string of the molecule is Cc1cc(C(=O)COC(=O)c2ccc(Br)o2)c(C)n1C[C@H]1COc2ccccc2O1. The molecular weight excluding hydrogens is 454 g/mol. The third-order valence-electron chi connectivity index (χ3n) is 4.94. The van der Waals surface area contributed by atoms with Gasteiger partial charge in [-0.2, -0.15) is 0 Å². The predicted octanol–water partition coefficient (Wildman–Crippen LogP) is 4.34. The van der Waals surface area contributed by atoms with Crippen LogP contribution in [-0.4, -0.2) is 35.6 Å². The van der Waals surface area contributed by atoms with Gasteiger partial charge in [-0.3, -0.25) is 4.79 Å². The van der Waals surface area contributed by atoms with Gasteiger partial charge >= 0.3 is 5.97 Å². The highest BCUT2D eigenvalue weighted by atomic mass is 79.9. The van der Waals surface area contributed by atoms with E-state index >= 15 is 0 Å². The fourth-order valence-electron chi connectivity index (χ4n) is 3.43. The maximum atomic E-state index is 12.6. The maximum absolute atomic E-state index is 12.6. The number of carbonyl (C=O) groups is 2. The largest absolute Gasteiger partial charge is 0.486 e. The lowest BCUT2D eigenvalue weighted by Crippen LogP contribution is -2.33. The number of nitrogens with zero attached hydrogens (tertiary/aromatic N) is 1. The number of aryl methyl sites for hydroxylation is 1. The van der Waals surface area contributed by atoms with Crippen LogP contribution >= 0.6 is 15.9 Å². The van der Waals surface area contributed by atoms with E-state index < -0.39 is 5.97 Å². The van der Waals surface area contributed by atoms with Crippen molar-refractivity contribution in [3.63, 3.8) is 0 Å². The average molecular weight is 474 g/mol. The molecule has 0 radical (unpaired) electrons. The van der Waals surface area contributed by atoms with Crippen LogP contribution in [0.5, 0.6) is 11.5 Å². The Morgan fingerprint density at radius 1 is 1.17 bits per heavy atom. The molecule has 7 nitrogen and oxygen atoms in total. The maximum Gasteiger partial charge on any atom is 0.374 e. The van der Waals surface area contributed by atoms with Crippen molar-refractivity contribution >= 4 is 27.7 Å². The number of fused-ring (bicyclic) bond motifs is 1. The third-order valence-corrected chi connectivity index (χ3v) is 5.36. The molecule has 0 saturated carbocycles. The van der Waals surface area contributed by atoms with Gasteiger partial charge < -0.3 is 23.2 Å². The van der Waals surface area contributed by atoms with Crippen molar-refractivity contribution < 1.29 is 28.2 Å². The summed E-state index contributed by atoms with van der Waals surface area (Å²) >= 11 is 3.12. The summed E-state index contributed by atoms with van der Waals surface area (Å²) in [6.45, 7) is 4.39. The van der Waals surface area contributed by atoms with Gasteiger partial charge in [0.05, 0.1) is 6.54 Å². The third kappa shape index (κ3) is 4.14. The molecule has 0 aliphatic carbocycles. The molecule has 30 heavy (non-hydrogen) atoms. The van der Waals surface area contributed by atoms with E-state index in [1.165, 1.54) is 6.07 Å². The van der Waals surface area contributed by atoms with Crippen molar-refractivity contribution in [1.29, 1.82) is 0 Å². The normalized spacial score (nSPS) is 15.1. The van der Waals surface area contributed by atoms with Crippen molar-refractivity contribution in [3.05, 3.63) is 69.8 Å². The summed E-state index contributed by atoms with van der Waals surface area (Å²) in [5.41, 5.74) is 2.22. The number of benzene rings is 1. The summed E-state index contributed by atoms with van der Waals surface area (Å²) in [7, 11) is 0. The fourth-order valence-corrected chi connectivity index (χ4v) is 3.73. The number of hydrogen-bond acceptors (Lipinski definition) is 6. The Morgan fingerprint density at radius 3 is 2.67 bits per heavy atom. The molecule has 4 rings (SSSR count). The smallest absolute Gasteiger partial charge is 0.374 e. The molecule has 0 fully saturated rings. The Labute approximate surface area is 181 Å². The van der Waals surface area contributed by atoms with Gasteiger partial charge in [-0.25, -0.2) is 4.79 Å². The summed E-state index contributed by atoms with van der Waals surface area (Å²) in [4.78, 5) is 24.6. The van der Waals surface area contributed by atoms with Gasteiger partial charge in [0.15, 0.2) is 28.9 Å². The fraction of sp³-hybridized carbons (Fsp3) is 0.273. The van der Waals surface area contributed by atoms with Crippen molar-refractivity contribution in [3.8, 4) is 11.5 Å². The number of Topliss-reactive ketones (excluding diaryl/α,β-unsaturated/α-hetero) is 1. The van der Waals surface area contributed by atoms with Crippen LogP contribution in [0, 0.1) is 13.8 Å². The lowest BCUT2D eigenvalue weighted by molar-refractivity contribution is 0.0442. The molecule has 1 aliphatic heterocycles. The highest BCUT2D eigenvalue weighted by Crippen LogP contribution is 2.31. The number of para-hydroxylation sites is 2. The standard InChI is InChI=1S/C22H20BrNO6/c1-13-9-16(17(25)12-28-22(26)20-7-8-21(23)30-20)14(2)24(13)10-15-11-27-18-5-3-4-6-19(18)29-15/h3-9,15H,10-12H2,1-2H3/t15-/m0/s1. The minimum atomic E-state index is -0.686. The van der Waals surface area contributed by atoms with E-state index in [-0.39, 0.29) is 24.3 Å².